The molecule has 0 bridgehead atoms. The maximum atomic E-state index is 12.6. The normalized spacial score (nSPS) is 11.9. The maximum absolute atomic E-state index is 12.6. The summed E-state index contributed by atoms with van der Waals surface area (Å²) in [5.74, 6) is -0.564. The number of carbonyl (C=O) groups is 1. The van der Waals surface area contributed by atoms with Crippen molar-refractivity contribution >= 4 is 16.0 Å². The Balaban J connectivity index is 3.21. The summed E-state index contributed by atoms with van der Waals surface area (Å²) in [4.78, 5) is 11.0. The van der Waals surface area contributed by atoms with Gasteiger partial charge in [0.1, 0.15) is 12.3 Å². The molecule has 0 saturated heterocycles. The topological polar surface area (TPSA) is 83.9 Å². The summed E-state index contributed by atoms with van der Waals surface area (Å²) in [6, 6.07) is 4.48. The minimum atomic E-state index is -3.84. The zero-order chi connectivity index (χ0) is 16.2. The Bertz CT molecular complexity index is 610. The fourth-order valence-electron chi connectivity index (χ4n) is 1.97. The van der Waals surface area contributed by atoms with Gasteiger partial charge in [-0.1, -0.05) is 13.8 Å². The number of carboxylic acids is 1. The van der Waals surface area contributed by atoms with Crippen molar-refractivity contribution in [1.29, 1.82) is 0 Å². The quantitative estimate of drug-likeness (QED) is 0.828. The predicted octanol–water partition coefficient (Wildman–Crippen LogP) is 1.73. The first-order chi connectivity index (χ1) is 9.68. The molecule has 0 radical (unpaired) electrons. The Hall–Kier alpha value is -1.60. The molecule has 0 atom stereocenters. The van der Waals surface area contributed by atoms with Gasteiger partial charge in [0.25, 0.3) is 0 Å². The van der Waals surface area contributed by atoms with Gasteiger partial charge in [0, 0.05) is 6.54 Å². The van der Waals surface area contributed by atoms with Crippen molar-refractivity contribution in [2.45, 2.75) is 25.7 Å². The summed E-state index contributed by atoms with van der Waals surface area (Å²) in [5.41, 5.74) is 0.679. The number of aliphatic carboxylic acids is 1. The summed E-state index contributed by atoms with van der Waals surface area (Å²) in [6.07, 6.45) is 0. The minimum absolute atomic E-state index is 0.0264. The third-order valence-corrected chi connectivity index (χ3v) is 4.69. The first-order valence-corrected chi connectivity index (χ1v) is 7.99. The second-order valence-corrected chi connectivity index (χ2v) is 7.15. The van der Waals surface area contributed by atoms with Crippen molar-refractivity contribution in [3.05, 3.63) is 23.8 Å². The van der Waals surface area contributed by atoms with Crippen LogP contribution in [0.5, 0.6) is 5.75 Å². The number of hydrogen-bond donors (Lipinski definition) is 1. The van der Waals surface area contributed by atoms with Gasteiger partial charge < -0.3 is 9.84 Å². The Kier molecular flexibility index (Phi) is 5.74. The first-order valence-electron chi connectivity index (χ1n) is 6.55. The van der Waals surface area contributed by atoms with Crippen molar-refractivity contribution in [3.63, 3.8) is 0 Å². The number of aryl methyl sites for hydroxylation is 1. The number of methoxy groups -OCH3 is 1. The van der Waals surface area contributed by atoms with Crippen molar-refractivity contribution < 1.29 is 23.1 Å². The largest absolute Gasteiger partial charge is 0.496 e. The number of ether oxygens (including phenoxy) is 1. The maximum Gasteiger partial charge on any atom is 0.318 e. The van der Waals surface area contributed by atoms with Crippen molar-refractivity contribution in [2.24, 2.45) is 5.92 Å². The molecule has 21 heavy (non-hydrogen) atoms. The van der Waals surface area contributed by atoms with Crippen LogP contribution in [0, 0.1) is 12.8 Å². The Morgan fingerprint density at radius 3 is 2.43 bits per heavy atom. The van der Waals surface area contributed by atoms with Crippen LogP contribution in [0.2, 0.25) is 0 Å². The average Bonchev–Trinajstić information content (AvgIpc) is 2.36. The lowest BCUT2D eigenvalue weighted by Gasteiger charge is -2.22. The van der Waals surface area contributed by atoms with Crippen molar-refractivity contribution in [1.82, 2.24) is 4.31 Å². The van der Waals surface area contributed by atoms with E-state index in [9.17, 15) is 13.2 Å². The van der Waals surface area contributed by atoms with E-state index in [1.165, 1.54) is 19.2 Å². The van der Waals surface area contributed by atoms with Gasteiger partial charge in [-0.3, -0.25) is 4.79 Å². The van der Waals surface area contributed by atoms with E-state index < -0.39 is 22.5 Å². The van der Waals surface area contributed by atoms with E-state index in [1.54, 1.807) is 13.0 Å². The fourth-order valence-corrected chi connectivity index (χ4v) is 3.60. The molecule has 1 aromatic rings. The molecule has 0 spiro atoms. The molecule has 118 valence electrons. The van der Waals surface area contributed by atoms with Crippen LogP contribution in [0.4, 0.5) is 0 Å². The van der Waals surface area contributed by atoms with Gasteiger partial charge in [-0.2, -0.15) is 4.31 Å². The number of hydrogen-bond acceptors (Lipinski definition) is 4. The number of carboxylic acid groups (broad SMARTS) is 1. The van der Waals surface area contributed by atoms with Crippen LogP contribution in [-0.2, 0) is 14.8 Å². The molecule has 0 saturated carbocycles. The minimum Gasteiger partial charge on any atom is -0.496 e. The molecule has 0 fully saturated rings. The highest BCUT2D eigenvalue weighted by Crippen LogP contribution is 2.24. The van der Waals surface area contributed by atoms with Gasteiger partial charge in [0.15, 0.2) is 0 Å². The average molecular weight is 315 g/mol. The molecule has 0 aliphatic rings. The molecular weight excluding hydrogens is 294 g/mol. The summed E-state index contributed by atoms with van der Waals surface area (Å²) < 4.78 is 31.2. The third kappa shape index (κ3) is 4.44. The van der Waals surface area contributed by atoms with E-state index in [1.807, 2.05) is 13.8 Å². The van der Waals surface area contributed by atoms with Crippen LogP contribution in [-0.4, -0.2) is 44.0 Å². The van der Waals surface area contributed by atoms with Crippen LogP contribution < -0.4 is 4.74 Å². The number of benzene rings is 1. The van der Waals surface area contributed by atoms with Gasteiger partial charge in [-0.25, -0.2) is 8.42 Å². The SMILES string of the molecule is COc1ccc(S(=O)(=O)N(CC(=O)O)CC(C)C)cc1C. The van der Waals surface area contributed by atoms with E-state index in [-0.39, 0.29) is 17.4 Å². The highest BCUT2D eigenvalue weighted by Gasteiger charge is 2.27. The Morgan fingerprint density at radius 1 is 1.38 bits per heavy atom. The molecule has 1 rings (SSSR count). The van der Waals surface area contributed by atoms with Crippen molar-refractivity contribution in [3.8, 4) is 5.75 Å². The number of sulfonamides is 1. The van der Waals surface area contributed by atoms with E-state index in [4.69, 9.17) is 9.84 Å². The Morgan fingerprint density at radius 2 is 2.00 bits per heavy atom. The van der Waals surface area contributed by atoms with E-state index in [0.29, 0.717) is 11.3 Å². The van der Waals surface area contributed by atoms with Gasteiger partial charge in [-0.05, 0) is 36.6 Å². The molecule has 0 aliphatic heterocycles. The molecule has 1 N–H and O–H groups in total. The van der Waals surface area contributed by atoms with Crippen LogP contribution in [0.15, 0.2) is 23.1 Å². The number of rotatable bonds is 7. The molecule has 0 unspecified atom stereocenters. The van der Waals surface area contributed by atoms with E-state index >= 15 is 0 Å². The van der Waals surface area contributed by atoms with Crippen LogP contribution >= 0.6 is 0 Å². The summed E-state index contributed by atoms with van der Waals surface area (Å²) in [5, 5.41) is 8.92. The lowest BCUT2D eigenvalue weighted by atomic mass is 10.2. The van der Waals surface area contributed by atoms with Crippen LogP contribution in [0.3, 0.4) is 0 Å². The lowest BCUT2D eigenvalue weighted by Crippen LogP contribution is -2.38. The zero-order valence-corrected chi connectivity index (χ0v) is 13.5. The summed E-state index contributed by atoms with van der Waals surface area (Å²) >= 11 is 0. The van der Waals surface area contributed by atoms with Crippen LogP contribution in [0.25, 0.3) is 0 Å². The highest BCUT2D eigenvalue weighted by molar-refractivity contribution is 7.89. The molecule has 0 heterocycles. The smallest absolute Gasteiger partial charge is 0.318 e. The molecule has 6 nitrogen and oxygen atoms in total. The first kappa shape index (κ1) is 17.5. The predicted molar refractivity (Wildman–Crippen MR) is 79.0 cm³/mol. The molecule has 0 aromatic heterocycles. The highest BCUT2D eigenvalue weighted by atomic mass is 32.2. The molecule has 0 aliphatic carbocycles. The summed E-state index contributed by atoms with van der Waals surface area (Å²) in [7, 11) is -2.34. The molecule has 7 heteroatoms. The van der Waals surface area contributed by atoms with E-state index in [2.05, 4.69) is 0 Å². The van der Waals surface area contributed by atoms with Gasteiger partial charge in [0.2, 0.25) is 10.0 Å². The molecule has 0 amide bonds. The fraction of sp³-hybridized carbons (Fsp3) is 0.500. The molecular formula is C14H21NO5S. The van der Waals surface area contributed by atoms with Gasteiger partial charge in [0.05, 0.1) is 12.0 Å². The standard InChI is InChI=1S/C14H21NO5S/c1-10(2)8-15(9-14(16)17)21(18,19)12-5-6-13(20-4)11(3)7-12/h5-7,10H,8-9H2,1-4H3,(H,16,17). The third-order valence-electron chi connectivity index (χ3n) is 2.88. The molecule has 1 aromatic carbocycles. The van der Waals surface area contributed by atoms with Crippen LogP contribution in [0.1, 0.15) is 19.4 Å². The monoisotopic (exact) mass is 315 g/mol. The second-order valence-electron chi connectivity index (χ2n) is 5.22. The lowest BCUT2D eigenvalue weighted by molar-refractivity contribution is -0.137. The number of nitrogens with zero attached hydrogens (tertiary/aromatic N) is 1. The van der Waals surface area contributed by atoms with Gasteiger partial charge in [-0.15, -0.1) is 0 Å². The Labute approximate surface area is 125 Å². The van der Waals surface area contributed by atoms with E-state index in [0.717, 1.165) is 4.31 Å². The van der Waals surface area contributed by atoms with Gasteiger partial charge >= 0.3 is 5.97 Å². The zero-order valence-electron chi connectivity index (χ0n) is 12.7. The second kappa shape index (κ2) is 6.91. The van der Waals surface area contributed by atoms with Crippen molar-refractivity contribution in [2.75, 3.05) is 20.2 Å². The summed E-state index contributed by atoms with van der Waals surface area (Å²) in [6.45, 7) is 5.01.